The second-order valence-electron chi connectivity index (χ2n) is 10.1. The van der Waals surface area contributed by atoms with Crippen molar-refractivity contribution in [2.75, 3.05) is 13.2 Å². The molecule has 2 aromatic rings. The molecule has 0 saturated heterocycles. The van der Waals surface area contributed by atoms with E-state index >= 15 is 17.6 Å². The molecule has 0 N–H and O–H groups in total. The molecular formula is C29H35F8NO2. The molecule has 0 fully saturated rings. The molecule has 0 aliphatic heterocycles. The monoisotopic (exact) mass is 581 g/mol. The summed E-state index contributed by atoms with van der Waals surface area (Å²) in [5.74, 6) is -9.23. The first-order valence-electron chi connectivity index (χ1n) is 13.7. The number of rotatable bonds is 15. The Labute approximate surface area is 229 Å². The second-order valence-corrected chi connectivity index (χ2v) is 10.1. The van der Waals surface area contributed by atoms with Gasteiger partial charge in [0.1, 0.15) is 25.1 Å². The van der Waals surface area contributed by atoms with Crippen molar-refractivity contribution in [2.45, 2.75) is 102 Å². The van der Waals surface area contributed by atoms with Gasteiger partial charge in [-0.05, 0) is 49.4 Å². The Bertz CT molecular complexity index is 1120. The number of aromatic nitrogens is 1. The first-order valence-corrected chi connectivity index (χ1v) is 13.7. The van der Waals surface area contributed by atoms with Crippen LogP contribution in [0.2, 0.25) is 0 Å². The molecule has 3 rings (SSSR count). The van der Waals surface area contributed by atoms with E-state index in [9.17, 15) is 17.6 Å². The van der Waals surface area contributed by atoms with Crippen LogP contribution in [-0.4, -0.2) is 42.8 Å². The lowest BCUT2D eigenvalue weighted by molar-refractivity contribution is -0.160. The van der Waals surface area contributed by atoms with Crippen LogP contribution < -0.4 is 4.74 Å². The molecular weight excluding hydrogens is 546 g/mol. The number of unbranched alkanes of at least 4 members (excludes halogenated alkanes) is 3. The molecule has 1 heterocycles. The molecule has 4 unspecified atom stereocenters. The van der Waals surface area contributed by atoms with Gasteiger partial charge in [-0.3, -0.25) is 0 Å². The van der Waals surface area contributed by atoms with Gasteiger partial charge in [0, 0.05) is 5.56 Å². The molecule has 11 heteroatoms. The van der Waals surface area contributed by atoms with Crippen LogP contribution in [0.4, 0.5) is 35.1 Å². The number of pyridine rings is 1. The van der Waals surface area contributed by atoms with Gasteiger partial charge in [0.25, 0.3) is 5.95 Å². The number of nitrogens with zero attached hydrogens (tertiary/aromatic N) is 1. The predicted molar refractivity (Wildman–Crippen MR) is 135 cm³/mol. The van der Waals surface area contributed by atoms with E-state index in [-0.39, 0.29) is 31.2 Å². The summed E-state index contributed by atoms with van der Waals surface area (Å²) in [6.45, 7) is 2.33. The van der Waals surface area contributed by atoms with E-state index in [2.05, 4.69) is 4.98 Å². The maximum absolute atomic E-state index is 15.2. The Kier molecular flexibility index (Phi) is 11.6. The zero-order chi connectivity index (χ0) is 29.4. The Balaban J connectivity index is 1.74. The van der Waals surface area contributed by atoms with Gasteiger partial charge < -0.3 is 9.47 Å². The van der Waals surface area contributed by atoms with Gasteiger partial charge in [-0.25, -0.2) is 26.9 Å². The van der Waals surface area contributed by atoms with Crippen molar-refractivity contribution < 1.29 is 44.6 Å². The summed E-state index contributed by atoms with van der Waals surface area (Å²) in [7, 11) is 0. The van der Waals surface area contributed by atoms with Crippen molar-refractivity contribution in [3.8, 4) is 17.0 Å². The summed E-state index contributed by atoms with van der Waals surface area (Å²) in [5, 5.41) is 0. The zero-order valence-corrected chi connectivity index (χ0v) is 22.6. The third-order valence-corrected chi connectivity index (χ3v) is 7.00. The smallest absolute Gasteiger partial charge is 0.302 e. The average molecular weight is 582 g/mol. The molecule has 40 heavy (non-hydrogen) atoms. The lowest BCUT2D eigenvalue weighted by atomic mass is 9.84. The number of ether oxygens (including phenoxy) is 2. The predicted octanol–water partition coefficient (Wildman–Crippen LogP) is 8.75. The van der Waals surface area contributed by atoms with Crippen LogP contribution in [0.5, 0.6) is 5.75 Å². The van der Waals surface area contributed by atoms with Gasteiger partial charge in [0.05, 0.1) is 17.9 Å². The molecule has 0 saturated carbocycles. The summed E-state index contributed by atoms with van der Waals surface area (Å²) in [5.41, 5.74) is -2.34. The van der Waals surface area contributed by atoms with Crippen molar-refractivity contribution in [1.82, 2.24) is 4.98 Å². The summed E-state index contributed by atoms with van der Waals surface area (Å²) in [6, 6.07) is 3.02. The summed E-state index contributed by atoms with van der Waals surface area (Å²) in [6.07, 6.45) is -3.57. The number of alkyl halides is 5. The first kappa shape index (κ1) is 32.1. The average Bonchev–Trinajstić information content (AvgIpc) is 2.91. The Morgan fingerprint density at radius 2 is 1.68 bits per heavy atom. The molecule has 224 valence electrons. The molecule has 1 aliphatic carbocycles. The standard InChI is InChI=1S/C29H35F8NO2/c1-3-5-6-7-9-18(30)15-40-24-13-10-17-14-19(26(33)27(34)25(17)29(24,36)37)22-11-12-23(28(35)38-22)39-16-21(32)20(31)8-4-2/h11-12,14,18,20-21,24H,3-10,13,15-16H2,1-2H3. The SMILES string of the molecule is CCCCCCC(F)COC1CCc2cc(-c3ccc(OCC(F)C(F)CCC)c(F)n3)c(F)c(F)c2C1(F)F. The normalized spacial score (nSPS) is 18.7. The van der Waals surface area contributed by atoms with Crippen LogP contribution in [0, 0.1) is 17.6 Å². The third kappa shape index (κ3) is 7.64. The maximum Gasteiger partial charge on any atom is 0.302 e. The summed E-state index contributed by atoms with van der Waals surface area (Å²) in [4.78, 5) is 3.52. The minimum atomic E-state index is -3.93. The third-order valence-electron chi connectivity index (χ3n) is 7.00. The van der Waals surface area contributed by atoms with E-state index in [1.807, 2.05) is 6.92 Å². The van der Waals surface area contributed by atoms with Crippen LogP contribution in [0.25, 0.3) is 11.3 Å². The fourth-order valence-electron chi connectivity index (χ4n) is 4.75. The minimum Gasteiger partial charge on any atom is -0.486 e. The molecule has 1 aromatic heterocycles. The first-order chi connectivity index (χ1) is 19.0. The van der Waals surface area contributed by atoms with Gasteiger partial charge in [-0.15, -0.1) is 0 Å². The highest BCUT2D eigenvalue weighted by Gasteiger charge is 2.50. The van der Waals surface area contributed by atoms with Crippen LogP contribution >= 0.6 is 0 Å². The lowest BCUT2D eigenvalue weighted by Gasteiger charge is -2.34. The van der Waals surface area contributed by atoms with E-state index < -0.39 is 83.9 Å². The van der Waals surface area contributed by atoms with Crippen LogP contribution in [0.15, 0.2) is 18.2 Å². The van der Waals surface area contributed by atoms with Crippen LogP contribution in [0.3, 0.4) is 0 Å². The Hall–Kier alpha value is -2.43. The van der Waals surface area contributed by atoms with E-state index in [0.717, 1.165) is 37.5 Å². The number of hydrogen-bond acceptors (Lipinski definition) is 3. The van der Waals surface area contributed by atoms with Gasteiger partial charge in [-0.2, -0.15) is 13.2 Å². The van der Waals surface area contributed by atoms with Crippen LogP contribution in [-0.2, 0) is 17.1 Å². The largest absolute Gasteiger partial charge is 0.486 e. The van der Waals surface area contributed by atoms with Gasteiger partial charge in [-0.1, -0.05) is 46.0 Å². The van der Waals surface area contributed by atoms with Crippen molar-refractivity contribution in [3.63, 3.8) is 0 Å². The number of hydrogen-bond donors (Lipinski definition) is 0. The number of aryl methyl sites for hydroxylation is 1. The molecule has 1 aromatic carbocycles. The molecule has 0 amide bonds. The maximum atomic E-state index is 15.2. The fourth-order valence-corrected chi connectivity index (χ4v) is 4.75. The van der Waals surface area contributed by atoms with E-state index in [1.54, 1.807) is 6.92 Å². The summed E-state index contributed by atoms with van der Waals surface area (Å²) < 4.78 is 127. The van der Waals surface area contributed by atoms with E-state index in [4.69, 9.17) is 9.47 Å². The minimum absolute atomic E-state index is 0.0330. The highest BCUT2D eigenvalue weighted by Crippen LogP contribution is 2.45. The van der Waals surface area contributed by atoms with Crippen molar-refractivity contribution in [3.05, 3.63) is 46.9 Å². The quantitative estimate of drug-likeness (QED) is 0.120. The van der Waals surface area contributed by atoms with E-state index in [1.165, 1.54) is 0 Å². The highest BCUT2D eigenvalue weighted by atomic mass is 19.3. The topological polar surface area (TPSA) is 31.4 Å². The van der Waals surface area contributed by atoms with Crippen molar-refractivity contribution in [1.29, 1.82) is 0 Å². The second kappa shape index (κ2) is 14.5. The van der Waals surface area contributed by atoms with Crippen molar-refractivity contribution in [2.24, 2.45) is 0 Å². The summed E-state index contributed by atoms with van der Waals surface area (Å²) >= 11 is 0. The molecule has 0 spiro atoms. The molecule has 1 aliphatic rings. The van der Waals surface area contributed by atoms with Gasteiger partial charge >= 0.3 is 5.92 Å². The van der Waals surface area contributed by atoms with Gasteiger partial charge in [0.2, 0.25) is 0 Å². The van der Waals surface area contributed by atoms with E-state index in [0.29, 0.717) is 12.8 Å². The zero-order valence-electron chi connectivity index (χ0n) is 22.6. The molecule has 0 radical (unpaired) electrons. The van der Waals surface area contributed by atoms with Crippen LogP contribution in [0.1, 0.15) is 76.3 Å². The Morgan fingerprint density at radius 3 is 2.35 bits per heavy atom. The molecule has 3 nitrogen and oxygen atoms in total. The van der Waals surface area contributed by atoms with Gasteiger partial charge in [0.15, 0.2) is 23.6 Å². The Morgan fingerprint density at radius 1 is 0.925 bits per heavy atom. The fraction of sp³-hybridized carbons (Fsp3) is 0.621. The lowest BCUT2D eigenvalue weighted by Crippen LogP contribution is -2.40. The molecule has 4 atom stereocenters. The number of benzene rings is 1. The molecule has 0 bridgehead atoms. The highest BCUT2D eigenvalue weighted by molar-refractivity contribution is 5.63. The van der Waals surface area contributed by atoms with Crippen molar-refractivity contribution >= 4 is 0 Å². The number of fused-ring (bicyclic) bond motifs is 1. The number of halogens is 8.